The van der Waals surface area contributed by atoms with Gasteiger partial charge in [-0.15, -0.1) is 0 Å². The van der Waals surface area contributed by atoms with Gasteiger partial charge < -0.3 is 10.4 Å². The van der Waals surface area contributed by atoms with Gasteiger partial charge in [0.15, 0.2) is 0 Å². The average Bonchev–Trinajstić information content (AvgIpc) is 2.29. The highest BCUT2D eigenvalue weighted by Crippen LogP contribution is 2.02. The summed E-state index contributed by atoms with van der Waals surface area (Å²) in [5.41, 5.74) is -0.463. The molecule has 2 N–H and O–H groups in total. The summed E-state index contributed by atoms with van der Waals surface area (Å²) in [6.45, 7) is 4.12. The highest BCUT2D eigenvalue weighted by atomic mass is 16.3. The van der Waals surface area contributed by atoms with Gasteiger partial charge in [0.25, 0.3) is 0 Å². The minimum absolute atomic E-state index is 0.0823. The number of nitrogens with zero attached hydrogens (tertiary/aromatic N) is 2. The Morgan fingerprint density at radius 1 is 1.56 bits per heavy atom. The van der Waals surface area contributed by atoms with Crippen molar-refractivity contribution in [2.45, 2.75) is 32.9 Å². The number of carbonyl (C=O) groups is 1. The van der Waals surface area contributed by atoms with Crippen LogP contribution in [0.2, 0.25) is 0 Å². The second-order valence-electron chi connectivity index (χ2n) is 4.62. The minimum atomic E-state index is -0.556. The van der Waals surface area contributed by atoms with Crippen LogP contribution in [0.15, 0.2) is 23.3 Å². The fourth-order valence-corrected chi connectivity index (χ4v) is 1.58. The number of nitrogens with one attached hydrogen (secondary N) is 1. The summed E-state index contributed by atoms with van der Waals surface area (Å²) in [5.74, 6) is 0.0609. The van der Waals surface area contributed by atoms with Gasteiger partial charge >= 0.3 is 5.69 Å². The van der Waals surface area contributed by atoms with Gasteiger partial charge in [0.2, 0.25) is 5.91 Å². The van der Waals surface area contributed by atoms with Gasteiger partial charge in [-0.3, -0.25) is 9.36 Å². The first-order chi connectivity index (χ1) is 8.49. The van der Waals surface area contributed by atoms with Gasteiger partial charge in [0, 0.05) is 18.9 Å². The lowest BCUT2D eigenvalue weighted by Gasteiger charge is -2.14. The molecule has 0 spiro atoms. The molecular weight excluding hydrogens is 234 g/mol. The van der Waals surface area contributed by atoms with Crippen LogP contribution in [-0.2, 0) is 11.3 Å². The summed E-state index contributed by atoms with van der Waals surface area (Å²) in [7, 11) is 0. The Labute approximate surface area is 106 Å². The zero-order chi connectivity index (χ0) is 13.5. The van der Waals surface area contributed by atoms with E-state index in [1.54, 1.807) is 6.07 Å². The second-order valence-corrected chi connectivity index (χ2v) is 4.62. The Kier molecular flexibility index (Phi) is 5.51. The highest BCUT2D eigenvalue weighted by Gasteiger charge is 2.09. The Morgan fingerprint density at radius 3 is 2.89 bits per heavy atom. The highest BCUT2D eigenvalue weighted by molar-refractivity contribution is 5.75. The fourth-order valence-electron chi connectivity index (χ4n) is 1.58. The smallest absolute Gasteiger partial charge is 0.347 e. The van der Waals surface area contributed by atoms with Gasteiger partial charge in [-0.2, -0.15) is 0 Å². The van der Waals surface area contributed by atoms with Gasteiger partial charge in [0.05, 0.1) is 6.10 Å². The van der Waals surface area contributed by atoms with Crippen LogP contribution in [0.5, 0.6) is 0 Å². The maximum absolute atomic E-state index is 11.5. The van der Waals surface area contributed by atoms with Crippen LogP contribution in [-0.4, -0.2) is 33.2 Å². The zero-order valence-electron chi connectivity index (χ0n) is 10.7. The summed E-state index contributed by atoms with van der Waals surface area (Å²) in [5, 5.41) is 12.2. The van der Waals surface area contributed by atoms with Gasteiger partial charge in [0.1, 0.15) is 6.54 Å². The molecule has 6 heteroatoms. The first-order valence-corrected chi connectivity index (χ1v) is 5.95. The third-order valence-corrected chi connectivity index (χ3v) is 2.38. The van der Waals surface area contributed by atoms with Crippen molar-refractivity contribution in [2.24, 2.45) is 5.92 Å². The van der Waals surface area contributed by atoms with E-state index in [1.165, 1.54) is 17.0 Å². The molecule has 1 aromatic heterocycles. The first kappa shape index (κ1) is 14.4. The van der Waals surface area contributed by atoms with Crippen LogP contribution >= 0.6 is 0 Å². The number of hydrogen-bond donors (Lipinski definition) is 2. The van der Waals surface area contributed by atoms with Crippen molar-refractivity contribution in [3.8, 4) is 0 Å². The molecule has 1 atom stereocenters. The molecule has 0 bridgehead atoms. The molecule has 0 saturated carbocycles. The van der Waals surface area contributed by atoms with E-state index in [-0.39, 0.29) is 19.0 Å². The standard InChI is InChI=1S/C12H19N3O3/c1-9(2)6-10(16)7-14-11(17)8-15-5-3-4-13-12(15)18/h3-5,9-10,16H,6-8H2,1-2H3,(H,14,17). The van der Waals surface area contributed by atoms with Crippen molar-refractivity contribution in [3.63, 3.8) is 0 Å². The first-order valence-electron chi connectivity index (χ1n) is 5.95. The lowest BCUT2D eigenvalue weighted by atomic mass is 10.1. The number of aliphatic hydroxyl groups is 1. The summed E-state index contributed by atoms with van der Waals surface area (Å²) in [4.78, 5) is 26.4. The number of amides is 1. The predicted molar refractivity (Wildman–Crippen MR) is 67.0 cm³/mol. The quantitative estimate of drug-likeness (QED) is 0.733. The number of aliphatic hydroxyl groups excluding tert-OH is 1. The molecule has 1 unspecified atom stereocenters. The van der Waals surface area contributed by atoms with Crippen LogP contribution in [0.4, 0.5) is 0 Å². The van der Waals surface area contributed by atoms with Crippen LogP contribution in [0.3, 0.4) is 0 Å². The van der Waals surface area contributed by atoms with Crippen LogP contribution in [0, 0.1) is 5.92 Å². The minimum Gasteiger partial charge on any atom is -0.391 e. The SMILES string of the molecule is CC(C)CC(O)CNC(=O)Cn1cccnc1=O. The Morgan fingerprint density at radius 2 is 2.28 bits per heavy atom. The maximum Gasteiger partial charge on any atom is 0.347 e. The summed E-state index contributed by atoms with van der Waals surface area (Å²) < 4.78 is 1.21. The van der Waals surface area contributed by atoms with Crippen molar-refractivity contribution < 1.29 is 9.90 Å². The molecule has 1 rings (SSSR count). The van der Waals surface area contributed by atoms with E-state index < -0.39 is 11.8 Å². The molecule has 0 saturated heterocycles. The van der Waals surface area contributed by atoms with Crippen molar-refractivity contribution in [1.29, 1.82) is 0 Å². The van der Waals surface area contributed by atoms with E-state index in [1.807, 2.05) is 13.8 Å². The molecule has 0 fully saturated rings. The van der Waals surface area contributed by atoms with Crippen molar-refractivity contribution in [2.75, 3.05) is 6.54 Å². The van der Waals surface area contributed by atoms with Crippen molar-refractivity contribution in [3.05, 3.63) is 28.9 Å². The van der Waals surface area contributed by atoms with E-state index in [9.17, 15) is 14.7 Å². The zero-order valence-corrected chi connectivity index (χ0v) is 10.7. The Hall–Kier alpha value is -1.69. The number of hydrogen-bond acceptors (Lipinski definition) is 4. The molecule has 0 aliphatic carbocycles. The molecule has 1 amide bonds. The number of carbonyl (C=O) groups excluding carboxylic acids is 1. The Balaban J connectivity index is 2.39. The van der Waals surface area contributed by atoms with Gasteiger partial charge in [-0.1, -0.05) is 13.8 Å². The third-order valence-electron chi connectivity index (χ3n) is 2.38. The largest absolute Gasteiger partial charge is 0.391 e. The molecule has 0 aliphatic rings. The lowest BCUT2D eigenvalue weighted by Crippen LogP contribution is -2.37. The molecule has 0 radical (unpaired) electrons. The molecule has 100 valence electrons. The molecule has 1 aromatic rings. The van der Waals surface area contributed by atoms with Crippen molar-refractivity contribution in [1.82, 2.24) is 14.9 Å². The van der Waals surface area contributed by atoms with Gasteiger partial charge in [-0.25, -0.2) is 9.78 Å². The topological polar surface area (TPSA) is 84.2 Å². The molecule has 0 aromatic carbocycles. The van der Waals surface area contributed by atoms with E-state index in [2.05, 4.69) is 10.3 Å². The number of aromatic nitrogens is 2. The maximum atomic E-state index is 11.5. The van der Waals surface area contributed by atoms with E-state index in [4.69, 9.17) is 0 Å². The molecule has 18 heavy (non-hydrogen) atoms. The second kappa shape index (κ2) is 6.90. The van der Waals surface area contributed by atoms with Crippen LogP contribution in [0.1, 0.15) is 20.3 Å². The molecular formula is C12H19N3O3. The Bertz CT molecular complexity index is 442. The van der Waals surface area contributed by atoms with E-state index in [0.29, 0.717) is 12.3 Å². The van der Waals surface area contributed by atoms with E-state index >= 15 is 0 Å². The van der Waals surface area contributed by atoms with Crippen LogP contribution in [0.25, 0.3) is 0 Å². The molecule has 1 heterocycles. The normalized spacial score (nSPS) is 12.4. The summed E-state index contributed by atoms with van der Waals surface area (Å²) in [6, 6.07) is 1.59. The predicted octanol–water partition coefficient (Wildman–Crippen LogP) is -0.234. The number of rotatable bonds is 6. The third kappa shape index (κ3) is 5.09. The molecule has 0 aliphatic heterocycles. The monoisotopic (exact) mass is 253 g/mol. The fraction of sp³-hybridized carbons (Fsp3) is 0.583. The summed E-state index contributed by atoms with van der Waals surface area (Å²) in [6.07, 6.45) is 2.95. The van der Waals surface area contributed by atoms with Crippen LogP contribution < -0.4 is 11.0 Å². The molecule has 6 nitrogen and oxygen atoms in total. The van der Waals surface area contributed by atoms with Crippen molar-refractivity contribution >= 4 is 5.91 Å². The van der Waals surface area contributed by atoms with Gasteiger partial charge in [-0.05, 0) is 18.4 Å². The lowest BCUT2D eigenvalue weighted by molar-refractivity contribution is -0.122. The summed E-state index contributed by atoms with van der Waals surface area (Å²) >= 11 is 0. The van der Waals surface area contributed by atoms with E-state index in [0.717, 1.165) is 0 Å². The average molecular weight is 253 g/mol.